The molecule has 0 saturated carbocycles. The van der Waals surface area contributed by atoms with Gasteiger partial charge in [-0.15, -0.1) is 0 Å². The van der Waals surface area contributed by atoms with Crippen molar-refractivity contribution in [1.29, 1.82) is 0 Å². The molecule has 0 aliphatic rings. The lowest BCUT2D eigenvalue weighted by Crippen LogP contribution is -2.26. The molecule has 1 amide bonds. The van der Waals surface area contributed by atoms with Gasteiger partial charge in [-0.3, -0.25) is 9.89 Å². The highest BCUT2D eigenvalue weighted by Crippen LogP contribution is 2.09. The molecule has 1 aromatic heterocycles. The summed E-state index contributed by atoms with van der Waals surface area (Å²) in [6.45, 7) is 0.445. The van der Waals surface area contributed by atoms with Gasteiger partial charge in [0, 0.05) is 19.2 Å². The van der Waals surface area contributed by atoms with Crippen molar-refractivity contribution >= 4 is 11.6 Å². The Hall–Kier alpha value is -2.37. The first-order valence-corrected chi connectivity index (χ1v) is 6.08. The van der Waals surface area contributed by atoms with Gasteiger partial charge in [0.15, 0.2) is 0 Å². The minimum Gasteiger partial charge on any atom is -0.399 e. The molecule has 0 unspecified atom stereocenters. The van der Waals surface area contributed by atoms with Crippen LogP contribution in [0.1, 0.15) is 17.8 Å². The van der Waals surface area contributed by atoms with Gasteiger partial charge in [-0.05, 0) is 24.1 Å². The Kier molecular flexibility index (Phi) is 4.12. The van der Waals surface area contributed by atoms with Crippen LogP contribution in [0.2, 0.25) is 0 Å². The van der Waals surface area contributed by atoms with Crippen molar-refractivity contribution in [3.05, 3.63) is 42.0 Å². The van der Waals surface area contributed by atoms with E-state index in [2.05, 4.69) is 15.2 Å². The van der Waals surface area contributed by atoms with E-state index in [0.717, 1.165) is 11.3 Å². The molecule has 0 aliphatic carbocycles. The third-order valence-corrected chi connectivity index (χ3v) is 2.88. The van der Waals surface area contributed by atoms with Crippen LogP contribution in [0.5, 0.6) is 0 Å². The third kappa shape index (κ3) is 3.80. The van der Waals surface area contributed by atoms with Crippen LogP contribution in [0.15, 0.2) is 30.6 Å². The van der Waals surface area contributed by atoms with Gasteiger partial charge in [0.05, 0.1) is 6.54 Å². The largest absolute Gasteiger partial charge is 0.399 e. The first-order chi connectivity index (χ1) is 9.15. The number of carbonyl (C=O) groups excluding carboxylic acids is 1. The predicted molar refractivity (Wildman–Crippen MR) is 72.0 cm³/mol. The monoisotopic (exact) mass is 259 g/mol. The average molecular weight is 259 g/mol. The molecule has 2 rings (SSSR count). The summed E-state index contributed by atoms with van der Waals surface area (Å²) in [4.78, 5) is 17.6. The van der Waals surface area contributed by atoms with Crippen molar-refractivity contribution < 1.29 is 4.79 Å². The lowest BCUT2D eigenvalue weighted by Gasteiger charge is -2.15. The summed E-state index contributed by atoms with van der Waals surface area (Å²) in [5, 5.41) is 6.48. The van der Waals surface area contributed by atoms with E-state index in [9.17, 15) is 4.79 Å². The maximum absolute atomic E-state index is 11.9. The van der Waals surface area contributed by atoms with E-state index in [1.807, 2.05) is 24.3 Å². The maximum Gasteiger partial charge on any atom is 0.223 e. The number of anilines is 1. The SMILES string of the molecule is CN(Cc1ncn[nH]1)C(=O)CCc1ccc(N)cc1. The van der Waals surface area contributed by atoms with Gasteiger partial charge < -0.3 is 10.6 Å². The van der Waals surface area contributed by atoms with Crippen molar-refractivity contribution in [2.75, 3.05) is 12.8 Å². The lowest BCUT2D eigenvalue weighted by atomic mass is 10.1. The first kappa shape index (κ1) is 13.1. The van der Waals surface area contributed by atoms with Crippen LogP contribution in [-0.2, 0) is 17.8 Å². The highest BCUT2D eigenvalue weighted by molar-refractivity contribution is 5.76. The fourth-order valence-corrected chi connectivity index (χ4v) is 1.75. The quantitative estimate of drug-likeness (QED) is 0.783. The van der Waals surface area contributed by atoms with Crippen molar-refractivity contribution in [3.63, 3.8) is 0 Å². The van der Waals surface area contributed by atoms with Crippen molar-refractivity contribution in [2.24, 2.45) is 0 Å². The Morgan fingerprint density at radius 2 is 2.11 bits per heavy atom. The number of nitrogens with two attached hydrogens (primary N) is 1. The van der Waals surface area contributed by atoms with E-state index >= 15 is 0 Å². The Morgan fingerprint density at radius 3 is 2.74 bits per heavy atom. The zero-order valence-electron chi connectivity index (χ0n) is 10.8. The standard InChI is InChI=1S/C13H17N5O/c1-18(8-12-15-9-16-17-12)13(19)7-4-10-2-5-11(14)6-3-10/h2-3,5-6,9H,4,7-8,14H2,1H3,(H,15,16,17). The van der Waals surface area contributed by atoms with Crippen LogP contribution < -0.4 is 5.73 Å². The Balaban J connectivity index is 1.82. The molecule has 0 aliphatic heterocycles. The molecule has 6 nitrogen and oxygen atoms in total. The van der Waals surface area contributed by atoms with Crippen LogP contribution in [0.4, 0.5) is 5.69 Å². The second-order valence-electron chi connectivity index (χ2n) is 4.42. The van der Waals surface area contributed by atoms with Gasteiger partial charge in [-0.1, -0.05) is 12.1 Å². The zero-order chi connectivity index (χ0) is 13.7. The molecule has 1 heterocycles. The molecule has 0 radical (unpaired) electrons. The molecule has 6 heteroatoms. The van der Waals surface area contributed by atoms with Crippen LogP contribution in [0.25, 0.3) is 0 Å². The average Bonchev–Trinajstić information content (AvgIpc) is 2.90. The third-order valence-electron chi connectivity index (χ3n) is 2.88. The highest BCUT2D eigenvalue weighted by atomic mass is 16.2. The van der Waals surface area contributed by atoms with Gasteiger partial charge in [0.1, 0.15) is 12.2 Å². The van der Waals surface area contributed by atoms with E-state index in [4.69, 9.17) is 5.73 Å². The fraction of sp³-hybridized carbons (Fsp3) is 0.308. The number of aromatic nitrogens is 3. The van der Waals surface area contributed by atoms with E-state index < -0.39 is 0 Å². The topological polar surface area (TPSA) is 87.9 Å². The molecular formula is C13H17N5O. The van der Waals surface area contributed by atoms with Gasteiger partial charge in [0.25, 0.3) is 0 Å². The summed E-state index contributed by atoms with van der Waals surface area (Å²) >= 11 is 0. The Bertz CT molecular complexity index is 520. The van der Waals surface area contributed by atoms with Crippen LogP contribution >= 0.6 is 0 Å². The maximum atomic E-state index is 11.9. The highest BCUT2D eigenvalue weighted by Gasteiger charge is 2.10. The summed E-state index contributed by atoms with van der Waals surface area (Å²) in [6.07, 6.45) is 2.61. The number of nitrogens with zero attached hydrogens (tertiary/aromatic N) is 3. The molecule has 19 heavy (non-hydrogen) atoms. The fourth-order valence-electron chi connectivity index (χ4n) is 1.75. The zero-order valence-corrected chi connectivity index (χ0v) is 10.8. The van der Waals surface area contributed by atoms with Gasteiger partial charge in [-0.25, -0.2) is 4.98 Å². The molecule has 3 N–H and O–H groups in total. The van der Waals surface area contributed by atoms with E-state index in [1.165, 1.54) is 6.33 Å². The number of nitrogen functional groups attached to an aromatic ring is 1. The summed E-state index contributed by atoms with van der Waals surface area (Å²) in [5.41, 5.74) is 7.46. The number of hydrogen-bond acceptors (Lipinski definition) is 4. The normalized spacial score (nSPS) is 10.4. The minimum atomic E-state index is 0.0771. The number of H-pyrrole nitrogens is 1. The summed E-state index contributed by atoms with van der Waals surface area (Å²) in [5.74, 6) is 0.761. The van der Waals surface area contributed by atoms with Crippen molar-refractivity contribution in [1.82, 2.24) is 20.1 Å². The number of amides is 1. The van der Waals surface area contributed by atoms with E-state index in [-0.39, 0.29) is 5.91 Å². The smallest absolute Gasteiger partial charge is 0.223 e. The molecule has 2 aromatic rings. The van der Waals surface area contributed by atoms with Crippen LogP contribution in [-0.4, -0.2) is 33.0 Å². The number of aromatic amines is 1. The number of carbonyl (C=O) groups is 1. The number of aryl methyl sites for hydroxylation is 1. The molecule has 0 atom stereocenters. The first-order valence-electron chi connectivity index (χ1n) is 6.08. The summed E-state index contributed by atoms with van der Waals surface area (Å²) in [7, 11) is 1.76. The molecule has 0 spiro atoms. The number of benzene rings is 1. The molecule has 100 valence electrons. The Labute approximate surface area is 111 Å². The molecular weight excluding hydrogens is 242 g/mol. The van der Waals surface area contributed by atoms with E-state index in [0.29, 0.717) is 25.2 Å². The predicted octanol–water partition coefficient (Wildman–Crippen LogP) is 0.978. The van der Waals surface area contributed by atoms with E-state index in [1.54, 1.807) is 11.9 Å². The molecule has 0 fully saturated rings. The lowest BCUT2D eigenvalue weighted by molar-refractivity contribution is -0.130. The van der Waals surface area contributed by atoms with Gasteiger partial charge in [-0.2, -0.15) is 5.10 Å². The summed E-state index contributed by atoms with van der Waals surface area (Å²) in [6, 6.07) is 7.58. The second-order valence-corrected chi connectivity index (χ2v) is 4.42. The second kappa shape index (κ2) is 5.99. The number of nitrogens with one attached hydrogen (secondary N) is 1. The van der Waals surface area contributed by atoms with Crippen molar-refractivity contribution in [2.45, 2.75) is 19.4 Å². The Morgan fingerprint density at radius 1 is 1.37 bits per heavy atom. The molecule has 0 saturated heterocycles. The minimum absolute atomic E-state index is 0.0771. The molecule has 0 bridgehead atoms. The van der Waals surface area contributed by atoms with Gasteiger partial charge in [0.2, 0.25) is 5.91 Å². The molecule has 1 aromatic carbocycles. The number of rotatable bonds is 5. The number of hydrogen-bond donors (Lipinski definition) is 2. The van der Waals surface area contributed by atoms with Crippen LogP contribution in [0, 0.1) is 0 Å². The van der Waals surface area contributed by atoms with Gasteiger partial charge >= 0.3 is 0 Å². The van der Waals surface area contributed by atoms with Crippen molar-refractivity contribution in [3.8, 4) is 0 Å². The van der Waals surface area contributed by atoms with Crippen LogP contribution in [0.3, 0.4) is 0 Å². The summed E-state index contributed by atoms with van der Waals surface area (Å²) < 4.78 is 0.